The molecular weight excluding hydrogens is 231 g/mol. The van der Waals surface area contributed by atoms with E-state index in [-0.39, 0.29) is 0 Å². The van der Waals surface area contributed by atoms with Gasteiger partial charge in [0.2, 0.25) is 0 Å². The molecule has 0 aliphatic carbocycles. The van der Waals surface area contributed by atoms with Crippen LogP contribution in [0.3, 0.4) is 0 Å². The van der Waals surface area contributed by atoms with Crippen LogP contribution in [0.15, 0.2) is 4.74 Å². The molecule has 1 rings (SSSR count). The van der Waals surface area contributed by atoms with Crippen LogP contribution in [0.1, 0.15) is 34.6 Å². The van der Waals surface area contributed by atoms with Gasteiger partial charge in [0, 0.05) is 39.3 Å². The average Bonchev–Trinajstić information content (AvgIpc) is 2.77. The van der Waals surface area contributed by atoms with Gasteiger partial charge in [-0.15, -0.1) is 0 Å². The van der Waals surface area contributed by atoms with Crippen molar-refractivity contribution in [1.29, 1.82) is 0 Å². The largest absolute Gasteiger partial charge is 0.259 e. The predicted molar refractivity (Wildman–Crippen MR) is 77.3 cm³/mol. The molecule has 5 heteroatoms. The maximum absolute atomic E-state index is 5.09. The summed E-state index contributed by atoms with van der Waals surface area (Å²) in [6.07, 6.45) is 0. The molecule has 0 unspecified atom stereocenters. The molecule has 102 valence electrons. The Morgan fingerprint density at radius 1 is 0.941 bits per heavy atom. The van der Waals surface area contributed by atoms with Crippen molar-refractivity contribution in [2.24, 2.45) is 4.74 Å². The lowest BCUT2D eigenvalue weighted by Crippen LogP contribution is -2.39. The topological polar surface area (TPSA) is 22.1 Å². The molecule has 0 amide bonds. The molecular formula is C12H29N4P. The highest BCUT2D eigenvalue weighted by Gasteiger charge is 2.39. The SMILES string of the molecule is CCN(CC)P1(N(CC)CC)=NCCN1CC. The Hall–Kier alpha value is 0.110. The second kappa shape index (κ2) is 6.89. The van der Waals surface area contributed by atoms with Crippen molar-refractivity contribution < 1.29 is 0 Å². The van der Waals surface area contributed by atoms with Gasteiger partial charge in [-0.2, -0.15) is 0 Å². The summed E-state index contributed by atoms with van der Waals surface area (Å²) in [5, 5.41) is 0. The Kier molecular flexibility index (Phi) is 6.14. The summed E-state index contributed by atoms with van der Waals surface area (Å²) in [5.74, 6) is 0. The lowest BCUT2D eigenvalue weighted by atomic mass is 10.6. The van der Waals surface area contributed by atoms with Gasteiger partial charge in [0.15, 0.2) is 7.51 Å². The highest BCUT2D eigenvalue weighted by molar-refractivity contribution is 7.59. The first-order valence-corrected chi connectivity index (χ1v) is 8.65. The number of hydrogen-bond acceptors (Lipinski definition) is 4. The van der Waals surface area contributed by atoms with Gasteiger partial charge in [-0.25, -0.2) is 14.0 Å². The Bertz CT molecular complexity index is 256. The fourth-order valence-corrected chi connectivity index (χ4v) is 7.01. The molecule has 0 atom stereocenters. The molecule has 0 spiro atoms. The number of rotatable bonds is 7. The van der Waals surface area contributed by atoms with Crippen LogP contribution in [0.25, 0.3) is 0 Å². The van der Waals surface area contributed by atoms with Crippen LogP contribution < -0.4 is 0 Å². The van der Waals surface area contributed by atoms with Crippen molar-refractivity contribution >= 4 is 7.51 Å². The molecule has 0 aromatic rings. The van der Waals surface area contributed by atoms with Crippen molar-refractivity contribution in [1.82, 2.24) is 14.0 Å². The first-order chi connectivity index (χ1) is 8.20. The monoisotopic (exact) mass is 260 g/mol. The van der Waals surface area contributed by atoms with E-state index in [0.29, 0.717) is 0 Å². The molecule has 0 saturated heterocycles. The zero-order valence-corrected chi connectivity index (χ0v) is 13.1. The van der Waals surface area contributed by atoms with Gasteiger partial charge in [-0.3, -0.25) is 4.74 Å². The summed E-state index contributed by atoms with van der Waals surface area (Å²) in [5.41, 5.74) is 0. The first kappa shape index (κ1) is 15.2. The van der Waals surface area contributed by atoms with Gasteiger partial charge in [-0.1, -0.05) is 34.6 Å². The quantitative estimate of drug-likeness (QED) is 0.657. The fraction of sp³-hybridized carbons (Fsp3) is 1.00. The smallest absolute Gasteiger partial charge is 0.167 e. The summed E-state index contributed by atoms with van der Waals surface area (Å²) in [4.78, 5) is 0. The predicted octanol–water partition coefficient (Wildman–Crippen LogP) is 2.95. The van der Waals surface area contributed by atoms with Crippen LogP contribution in [0, 0.1) is 0 Å². The zero-order chi connectivity index (χ0) is 12.9. The Balaban J connectivity index is 3.16. The summed E-state index contributed by atoms with van der Waals surface area (Å²) < 4.78 is 12.9. The van der Waals surface area contributed by atoms with E-state index < -0.39 is 7.51 Å². The van der Waals surface area contributed by atoms with Gasteiger partial charge >= 0.3 is 0 Å². The number of likely N-dealkylation sites (N-methyl/N-ethyl adjacent to an activating group) is 1. The van der Waals surface area contributed by atoms with E-state index in [9.17, 15) is 0 Å². The van der Waals surface area contributed by atoms with E-state index in [1.54, 1.807) is 0 Å². The highest BCUT2D eigenvalue weighted by atomic mass is 31.2. The van der Waals surface area contributed by atoms with E-state index in [1.165, 1.54) is 0 Å². The molecule has 1 aliphatic heterocycles. The summed E-state index contributed by atoms with van der Waals surface area (Å²) in [7, 11) is -1.55. The number of nitrogens with zero attached hydrogens (tertiary/aromatic N) is 4. The molecule has 0 saturated carbocycles. The molecule has 0 aromatic carbocycles. The zero-order valence-electron chi connectivity index (χ0n) is 12.2. The third-order valence-electron chi connectivity index (χ3n) is 3.61. The Morgan fingerprint density at radius 2 is 1.41 bits per heavy atom. The first-order valence-electron chi connectivity index (χ1n) is 7.05. The molecule has 0 aromatic heterocycles. The minimum Gasteiger partial charge on any atom is -0.259 e. The van der Waals surface area contributed by atoms with Crippen LogP contribution in [0.4, 0.5) is 0 Å². The molecule has 1 aliphatic rings. The second-order valence-corrected chi connectivity index (χ2v) is 7.28. The Labute approximate surface area is 107 Å². The average molecular weight is 260 g/mol. The minimum atomic E-state index is -1.55. The van der Waals surface area contributed by atoms with E-state index in [4.69, 9.17) is 4.74 Å². The van der Waals surface area contributed by atoms with E-state index in [0.717, 1.165) is 45.8 Å². The van der Waals surface area contributed by atoms with Gasteiger partial charge in [0.1, 0.15) is 0 Å². The van der Waals surface area contributed by atoms with Gasteiger partial charge in [0.05, 0.1) is 6.54 Å². The van der Waals surface area contributed by atoms with Gasteiger partial charge in [-0.05, 0) is 0 Å². The second-order valence-electron chi connectivity index (χ2n) is 4.23. The van der Waals surface area contributed by atoms with Crippen molar-refractivity contribution in [3.8, 4) is 0 Å². The summed E-state index contributed by atoms with van der Waals surface area (Å²) in [6, 6.07) is 0. The van der Waals surface area contributed by atoms with E-state index in [2.05, 4.69) is 48.6 Å². The van der Waals surface area contributed by atoms with Crippen molar-refractivity contribution in [3.63, 3.8) is 0 Å². The third kappa shape index (κ3) is 2.60. The number of hydrogen-bond donors (Lipinski definition) is 0. The maximum atomic E-state index is 5.09. The molecule has 17 heavy (non-hydrogen) atoms. The lowest BCUT2D eigenvalue weighted by Gasteiger charge is -2.45. The minimum absolute atomic E-state index is 1.01. The van der Waals surface area contributed by atoms with Crippen LogP contribution >= 0.6 is 7.51 Å². The van der Waals surface area contributed by atoms with Crippen LogP contribution in [-0.4, -0.2) is 59.8 Å². The third-order valence-corrected chi connectivity index (χ3v) is 8.08. The highest BCUT2D eigenvalue weighted by Crippen LogP contribution is 2.61. The maximum Gasteiger partial charge on any atom is 0.167 e. The van der Waals surface area contributed by atoms with Crippen LogP contribution in [0.2, 0.25) is 0 Å². The molecule has 0 fully saturated rings. The summed E-state index contributed by atoms with van der Waals surface area (Å²) >= 11 is 0. The van der Waals surface area contributed by atoms with Crippen molar-refractivity contribution in [3.05, 3.63) is 0 Å². The molecule has 0 N–H and O–H groups in total. The Morgan fingerprint density at radius 3 is 1.76 bits per heavy atom. The van der Waals surface area contributed by atoms with E-state index >= 15 is 0 Å². The van der Waals surface area contributed by atoms with Gasteiger partial charge in [0.25, 0.3) is 0 Å². The van der Waals surface area contributed by atoms with E-state index in [1.807, 2.05) is 0 Å². The standard InChI is InChI=1S/C12H29N4P/c1-6-14(7-2)17(15(8-3)9-4)13-11-12-16(17)10-5/h6-12H2,1-5H3. The molecule has 0 radical (unpaired) electrons. The molecule has 0 bridgehead atoms. The normalized spacial score (nSPS) is 20.2. The fourth-order valence-electron chi connectivity index (χ4n) is 2.79. The summed E-state index contributed by atoms with van der Waals surface area (Å²) in [6.45, 7) is 19.0. The van der Waals surface area contributed by atoms with Crippen molar-refractivity contribution in [2.75, 3.05) is 45.8 Å². The van der Waals surface area contributed by atoms with Gasteiger partial charge < -0.3 is 0 Å². The molecule has 1 heterocycles. The van der Waals surface area contributed by atoms with Crippen molar-refractivity contribution in [2.45, 2.75) is 34.6 Å². The van der Waals surface area contributed by atoms with Crippen LogP contribution in [-0.2, 0) is 0 Å². The van der Waals surface area contributed by atoms with Crippen LogP contribution in [0.5, 0.6) is 0 Å². The lowest BCUT2D eigenvalue weighted by molar-refractivity contribution is 0.352. The molecule has 4 nitrogen and oxygen atoms in total.